The highest BCUT2D eigenvalue weighted by Crippen LogP contribution is 2.43. The largest absolute Gasteiger partial charge is 0.0718 e. The molecule has 0 nitrogen and oxygen atoms in total. The van der Waals surface area contributed by atoms with Crippen LogP contribution in [-0.4, -0.2) is 0 Å². The number of hydrogen-bond acceptors (Lipinski definition) is 0. The summed E-state index contributed by atoms with van der Waals surface area (Å²) in [5, 5.41) is 0. The Labute approximate surface area is 194 Å². The highest BCUT2D eigenvalue weighted by atomic mass is 127. The zero-order chi connectivity index (χ0) is 20.6. The first-order valence-electron chi connectivity index (χ1n) is 12.1. The van der Waals surface area contributed by atoms with E-state index in [0.717, 1.165) is 0 Å². The van der Waals surface area contributed by atoms with Crippen LogP contribution < -0.4 is 0 Å². The van der Waals surface area contributed by atoms with Gasteiger partial charge < -0.3 is 0 Å². The van der Waals surface area contributed by atoms with Crippen molar-refractivity contribution in [3.63, 3.8) is 0 Å². The minimum atomic E-state index is 0.0953. The van der Waals surface area contributed by atoms with E-state index in [1.165, 1.54) is 101 Å². The lowest BCUT2D eigenvalue weighted by Crippen LogP contribution is -2.19. The van der Waals surface area contributed by atoms with Gasteiger partial charge in [-0.2, -0.15) is 0 Å². The van der Waals surface area contributed by atoms with E-state index in [0.29, 0.717) is 0 Å². The molecule has 0 spiro atoms. The van der Waals surface area contributed by atoms with Gasteiger partial charge in [-0.25, -0.2) is 0 Å². The molecule has 0 bridgehead atoms. The molecule has 1 heteroatoms. The van der Waals surface area contributed by atoms with Crippen LogP contribution in [0.1, 0.15) is 108 Å². The number of rotatable bonds is 16. The van der Waals surface area contributed by atoms with Gasteiger partial charge in [0, 0.05) is 0 Å². The fraction of sp³-hybridized carbons (Fsp3) is 0.571. The van der Waals surface area contributed by atoms with Crippen molar-refractivity contribution in [2.75, 3.05) is 0 Å². The maximum Gasteiger partial charge on any atom is 0.0718 e. The summed E-state index contributed by atoms with van der Waals surface area (Å²) >= 11 is 2.70. The second-order valence-corrected chi connectivity index (χ2v) is 10.4. The zero-order valence-corrected chi connectivity index (χ0v) is 20.7. The molecule has 2 aromatic rings. The molecule has 0 aromatic heterocycles. The van der Waals surface area contributed by atoms with E-state index in [1.807, 2.05) is 0 Å². The predicted octanol–water partition coefficient (Wildman–Crippen LogP) is 9.85. The van der Waals surface area contributed by atoms with E-state index >= 15 is 0 Å². The summed E-state index contributed by atoms with van der Waals surface area (Å²) in [4.78, 5) is 0. The zero-order valence-electron chi connectivity index (χ0n) is 18.6. The molecule has 0 aliphatic heterocycles. The van der Waals surface area contributed by atoms with Gasteiger partial charge in [-0.3, -0.25) is 0 Å². The monoisotopic (exact) mass is 504 g/mol. The van der Waals surface area contributed by atoms with Crippen LogP contribution in [0, 0.1) is 0 Å². The molecule has 0 atom stereocenters. The van der Waals surface area contributed by atoms with E-state index in [2.05, 4.69) is 90.2 Å². The smallest absolute Gasteiger partial charge is 0.0684 e. The third-order valence-electron chi connectivity index (χ3n) is 6.09. The van der Waals surface area contributed by atoms with Crippen molar-refractivity contribution in [1.29, 1.82) is 0 Å². The normalized spacial score (nSPS) is 11.7. The maximum atomic E-state index is 2.70. The summed E-state index contributed by atoms with van der Waals surface area (Å²) in [6.07, 6.45) is 19.6. The Bertz CT molecular complexity index is 580. The highest BCUT2D eigenvalue weighted by Gasteiger charge is 2.30. The van der Waals surface area contributed by atoms with Gasteiger partial charge in [-0.15, -0.1) is 0 Å². The summed E-state index contributed by atoms with van der Waals surface area (Å²) in [5.74, 6) is 0. The van der Waals surface area contributed by atoms with E-state index < -0.39 is 0 Å². The molecule has 2 rings (SSSR count). The lowest BCUT2D eigenvalue weighted by Gasteiger charge is -2.29. The fourth-order valence-electron chi connectivity index (χ4n) is 4.25. The molecule has 0 saturated heterocycles. The molecule has 0 amide bonds. The van der Waals surface area contributed by atoms with Gasteiger partial charge in [-0.1, -0.05) is 174 Å². The van der Waals surface area contributed by atoms with Crippen molar-refractivity contribution in [3.05, 3.63) is 71.8 Å². The maximum absolute atomic E-state index is 2.70. The SMILES string of the molecule is CCCCCCCCCCCCCCCC(I)(c1ccccc1)c1ccccc1. The molecule has 0 N–H and O–H groups in total. The Morgan fingerprint density at radius 2 is 0.862 bits per heavy atom. The van der Waals surface area contributed by atoms with Crippen LogP contribution in [0.15, 0.2) is 60.7 Å². The molecule has 0 unspecified atom stereocenters. The second-order valence-electron chi connectivity index (χ2n) is 8.53. The average Bonchev–Trinajstić information content (AvgIpc) is 2.78. The molecule has 2 aromatic carbocycles. The Hall–Kier alpha value is -0.830. The number of unbranched alkanes of at least 4 members (excludes halogenated alkanes) is 12. The number of benzene rings is 2. The van der Waals surface area contributed by atoms with Gasteiger partial charge in [0.15, 0.2) is 0 Å². The van der Waals surface area contributed by atoms with Crippen molar-refractivity contribution in [3.8, 4) is 0 Å². The van der Waals surface area contributed by atoms with Crippen molar-refractivity contribution < 1.29 is 0 Å². The van der Waals surface area contributed by atoms with E-state index in [-0.39, 0.29) is 3.42 Å². The number of alkyl halides is 1. The summed E-state index contributed by atoms with van der Waals surface area (Å²) in [6, 6.07) is 22.1. The quantitative estimate of drug-likeness (QED) is 0.121. The van der Waals surface area contributed by atoms with Crippen LogP contribution >= 0.6 is 22.6 Å². The van der Waals surface area contributed by atoms with Crippen molar-refractivity contribution in [2.45, 2.75) is 100 Å². The summed E-state index contributed by atoms with van der Waals surface area (Å²) in [7, 11) is 0. The van der Waals surface area contributed by atoms with Crippen LogP contribution in [0.3, 0.4) is 0 Å². The molecule has 0 heterocycles. The van der Waals surface area contributed by atoms with Crippen molar-refractivity contribution >= 4 is 22.6 Å². The first-order valence-corrected chi connectivity index (χ1v) is 13.1. The topological polar surface area (TPSA) is 0 Å². The third kappa shape index (κ3) is 9.24. The Balaban J connectivity index is 1.63. The van der Waals surface area contributed by atoms with E-state index in [4.69, 9.17) is 0 Å². The minimum absolute atomic E-state index is 0.0953. The molecule has 29 heavy (non-hydrogen) atoms. The number of hydrogen-bond donors (Lipinski definition) is 0. The standard InChI is InChI=1S/C28H41I/c1-2-3-4-5-6-7-8-9-10-11-12-13-20-25-28(29,26-21-16-14-17-22-26)27-23-18-15-19-24-27/h14-19,21-24H,2-13,20,25H2,1H3. The molecule has 0 fully saturated rings. The molecule has 0 radical (unpaired) electrons. The molecule has 0 aliphatic rings. The summed E-state index contributed by atoms with van der Waals surface area (Å²) in [5.41, 5.74) is 2.87. The van der Waals surface area contributed by atoms with E-state index in [1.54, 1.807) is 0 Å². The van der Waals surface area contributed by atoms with Crippen LogP contribution in [0.25, 0.3) is 0 Å². The van der Waals surface area contributed by atoms with Gasteiger partial charge >= 0.3 is 0 Å². The van der Waals surface area contributed by atoms with Gasteiger partial charge in [0.1, 0.15) is 0 Å². The molecular formula is C28H41I. The summed E-state index contributed by atoms with van der Waals surface area (Å²) in [6.45, 7) is 2.30. The molecule has 0 aliphatic carbocycles. The molecular weight excluding hydrogens is 463 g/mol. The first kappa shape index (κ1) is 24.4. The van der Waals surface area contributed by atoms with Gasteiger partial charge in [0.2, 0.25) is 0 Å². The lowest BCUT2D eigenvalue weighted by molar-refractivity contribution is 0.527. The molecule has 160 valence electrons. The fourth-order valence-corrected chi connectivity index (χ4v) is 5.35. The van der Waals surface area contributed by atoms with Gasteiger partial charge in [0.05, 0.1) is 3.42 Å². The first-order chi connectivity index (χ1) is 14.3. The highest BCUT2D eigenvalue weighted by molar-refractivity contribution is 14.1. The van der Waals surface area contributed by atoms with Crippen LogP contribution in [-0.2, 0) is 3.42 Å². The minimum Gasteiger partial charge on any atom is -0.0684 e. The van der Waals surface area contributed by atoms with Crippen LogP contribution in [0.2, 0.25) is 0 Å². The van der Waals surface area contributed by atoms with Crippen molar-refractivity contribution in [1.82, 2.24) is 0 Å². The Kier molecular flexibility index (Phi) is 12.7. The van der Waals surface area contributed by atoms with Crippen LogP contribution in [0.5, 0.6) is 0 Å². The van der Waals surface area contributed by atoms with Crippen LogP contribution in [0.4, 0.5) is 0 Å². The van der Waals surface area contributed by atoms with Crippen molar-refractivity contribution in [2.24, 2.45) is 0 Å². The Morgan fingerprint density at radius 1 is 0.517 bits per heavy atom. The van der Waals surface area contributed by atoms with E-state index in [9.17, 15) is 0 Å². The third-order valence-corrected chi connectivity index (χ3v) is 7.87. The van der Waals surface area contributed by atoms with Gasteiger partial charge in [0.25, 0.3) is 0 Å². The predicted molar refractivity (Wildman–Crippen MR) is 138 cm³/mol. The second kappa shape index (κ2) is 15.0. The lowest BCUT2D eigenvalue weighted by atomic mass is 9.86. The Morgan fingerprint density at radius 3 is 1.24 bits per heavy atom. The average molecular weight is 505 g/mol. The number of halogens is 1. The van der Waals surface area contributed by atoms with Gasteiger partial charge in [-0.05, 0) is 17.5 Å². The summed E-state index contributed by atoms with van der Waals surface area (Å²) < 4.78 is 0.0953. The molecule has 0 saturated carbocycles.